The largest absolute Gasteiger partial charge is 0.379 e. The van der Waals surface area contributed by atoms with Crippen molar-refractivity contribution in [1.29, 1.82) is 0 Å². The Labute approximate surface area is 161 Å². The van der Waals surface area contributed by atoms with E-state index >= 15 is 0 Å². The van der Waals surface area contributed by atoms with E-state index < -0.39 is 10.0 Å². The van der Waals surface area contributed by atoms with Gasteiger partial charge >= 0.3 is 0 Å². The van der Waals surface area contributed by atoms with E-state index in [1.165, 1.54) is 30.0 Å². The highest BCUT2D eigenvalue weighted by Gasteiger charge is 2.33. The maximum Gasteiger partial charge on any atom is 0.253 e. The number of hydrogen-bond donors (Lipinski definition) is 0. The Morgan fingerprint density at radius 1 is 0.926 bits per heavy atom. The number of carbonyl (C=O) groups is 1. The second-order valence-electron chi connectivity index (χ2n) is 7.89. The summed E-state index contributed by atoms with van der Waals surface area (Å²) in [6, 6.07) is 6.43. The minimum Gasteiger partial charge on any atom is -0.379 e. The Morgan fingerprint density at radius 3 is 2.30 bits per heavy atom. The van der Waals surface area contributed by atoms with Crippen molar-refractivity contribution in [2.24, 2.45) is 11.8 Å². The van der Waals surface area contributed by atoms with Gasteiger partial charge in [-0.2, -0.15) is 4.31 Å². The molecule has 1 aromatic rings. The number of sulfonamides is 1. The Hall–Kier alpha value is -1.44. The van der Waals surface area contributed by atoms with E-state index in [1.54, 1.807) is 24.3 Å². The van der Waals surface area contributed by atoms with Crippen LogP contribution >= 0.6 is 0 Å². The van der Waals surface area contributed by atoms with Crippen molar-refractivity contribution < 1.29 is 17.9 Å². The van der Waals surface area contributed by atoms with Crippen molar-refractivity contribution in [3.8, 4) is 0 Å². The summed E-state index contributed by atoms with van der Waals surface area (Å²) in [7, 11) is -3.52. The molecule has 3 aliphatic rings. The summed E-state index contributed by atoms with van der Waals surface area (Å²) in [4.78, 5) is 15.1. The van der Waals surface area contributed by atoms with Gasteiger partial charge in [-0.25, -0.2) is 8.42 Å². The summed E-state index contributed by atoms with van der Waals surface area (Å²) in [5, 5.41) is 0. The predicted octanol–water partition coefficient (Wildman–Crippen LogP) is 2.36. The summed E-state index contributed by atoms with van der Waals surface area (Å²) in [5.41, 5.74) is 0.574. The van der Waals surface area contributed by atoms with Crippen LogP contribution in [0.2, 0.25) is 0 Å². The molecule has 0 radical (unpaired) electrons. The molecule has 2 atom stereocenters. The van der Waals surface area contributed by atoms with Crippen molar-refractivity contribution in [1.82, 2.24) is 9.21 Å². The molecule has 2 saturated heterocycles. The number of piperidine rings is 1. The topological polar surface area (TPSA) is 66.9 Å². The van der Waals surface area contributed by atoms with Crippen LogP contribution in [0.3, 0.4) is 0 Å². The fourth-order valence-corrected chi connectivity index (χ4v) is 6.08. The van der Waals surface area contributed by atoms with Gasteiger partial charge in [-0.3, -0.25) is 4.79 Å². The minimum absolute atomic E-state index is 0.0225. The Balaban J connectivity index is 1.44. The summed E-state index contributed by atoms with van der Waals surface area (Å²) < 4.78 is 32.1. The number of ether oxygens (including phenoxy) is 1. The molecule has 4 rings (SSSR count). The first-order valence-electron chi connectivity index (χ1n) is 10.0. The summed E-state index contributed by atoms with van der Waals surface area (Å²) in [6.45, 7) is 3.25. The zero-order valence-corrected chi connectivity index (χ0v) is 16.5. The minimum atomic E-state index is -3.52. The number of morpholine rings is 1. The molecular weight excluding hydrogens is 364 g/mol. The van der Waals surface area contributed by atoms with Gasteiger partial charge in [-0.1, -0.05) is 19.3 Å². The van der Waals surface area contributed by atoms with Crippen LogP contribution in [0.25, 0.3) is 0 Å². The molecule has 1 aromatic carbocycles. The normalized spacial score (nSPS) is 27.2. The number of benzene rings is 1. The first kappa shape index (κ1) is 18.9. The first-order chi connectivity index (χ1) is 13.1. The average Bonchev–Trinajstić information content (AvgIpc) is 2.73. The molecule has 1 saturated carbocycles. The lowest BCUT2D eigenvalue weighted by Crippen LogP contribution is -2.44. The molecule has 0 bridgehead atoms. The molecule has 0 unspecified atom stereocenters. The fraction of sp³-hybridized carbons (Fsp3) is 0.650. The van der Waals surface area contributed by atoms with E-state index in [2.05, 4.69) is 0 Å². The van der Waals surface area contributed by atoms with Crippen LogP contribution in [0.1, 0.15) is 42.5 Å². The van der Waals surface area contributed by atoms with Gasteiger partial charge in [0.1, 0.15) is 0 Å². The van der Waals surface area contributed by atoms with Crippen LogP contribution < -0.4 is 0 Å². The molecule has 0 N–H and O–H groups in total. The zero-order valence-electron chi connectivity index (χ0n) is 15.7. The van der Waals surface area contributed by atoms with Crippen LogP contribution in [0.4, 0.5) is 0 Å². The number of rotatable bonds is 3. The highest BCUT2D eigenvalue weighted by molar-refractivity contribution is 7.89. The molecular formula is C20H28N2O4S. The monoisotopic (exact) mass is 392 g/mol. The molecule has 1 aliphatic carbocycles. The number of hydrogen-bond acceptors (Lipinski definition) is 4. The Bertz CT molecular complexity index is 772. The highest BCUT2D eigenvalue weighted by Crippen LogP contribution is 2.36. The third kappa shape index (κ3) is 3.91. The fourth-order valence-electron chi connectivity index (χ4n) is 4.67. The van der Waals surface area contributed by atoms with Crippen molar-refractivity contribution in [2.75, 3.05) is 39.4 Å². The average molecular weight is 393 g/mol. The quantitative estimate of drug-likeness (QED) is 0.792. The maximum absolute atomic E-state index is 12.9. The standard InChI is InChI=1S/C20H28N2O4S/c23-20(21-10-9-16-3-1-2-4-18(16)15-21)17-5-7-19(8-6-17)27(24,25)22-11-13-26-14-12-22/h5-8,16,18H,1-4,9-15H2/t16-,18+/m0/s1. The predicted molar refractivity (Wildman–Crippen MR) is 102 cm³/mol. The third-order valence-corrected chi connectivity index (χ3v) is 8.20. The molecule has 2 heterocycles. The molecule has 1 amide bonds. The van der Waals surface area contributed by atoms with Crippen LogP contribution in [0.5, 0.6) is 0 Å². The van der Waals surface area contributed by atoms with Gasteiger partial charge in [0.25, 0.3) is 5.91 Å². The first-order valence-corrected chi connectivity index (χ1v) is 11.5. The van der Waals surface area contributed by atoms with Gasteiger partial charge in [0, 0.05) is 31.7 Å². The second-order valence-corrected chi connectivity index (χ2v) is 9.82. The van der Waals surface area contributed by atoms with E-state index in [0.29, 0.717) is 37.8 Å². The molecule has 0 aromatic heterocycles. The van der Waals surface area contributed by atoms with Gasteiger partial charge in [0.15, 0.2) is 0 Å². The summed E-state index contributed by atoms with van der Waals surface area (Å²) >= 11 is 0. The van der Waals surface area contributed by atoms with Crippen molar-refractivity contribution >= 4 is 15.9 Å². The smallest absolute Gasteiger partial charge is 0.253 e. The van der Waals surface area contributed by atoms with Crippen LogP contribution in [-0.2, 0) is 14.8 Å². The molecule has 148 valence electrons. The SMILES string of the molecule is O=C(c1ccc(S(=O)(=O)N2CCOCC2)cc1)N1CC[C@@H]2CCCC[C@@H]2C1. The van der Waals surface area contributed by atoms with E-state index in [-0.39, 0.29) is 10.8 Å². The van der Waals surface area contributed by atoms with Gasteiger partial charge in [-0.05, 0) is 48.9 Å². The van der Waals surface area contributed by atoms with Crippen molar-refractivity contribution in [3.05, 3.63) is 29.8 Å². The molecule has 7 heteroatoms. The number of amides is 1. The molecule has 3 fully saturated rings. The molecule has 27 heavy (non-hydrogen) atoms. The number of fused-ring (bicyclic) bond motifs is 1. The summed E-state index contributed by atoms with van der Waals surface area (Å²) in [5.74, 6) is 1.44. The highest BCUT2D eigenvalue weighted by atomic mass is 32.2. The number of likely N-dealkylation sites (tertiary alicyclic amines) is 1. The lowest BCUT2D eigenvalue weighted by atomic mass is 9.75. The molecule has 0 spiro atoms. The maximum atomic E-state index is 12.9. The van der Waals surface area contributed by atoms with Crippen molar-refractivity contribution in [2.45, 2.75) is 37.0 Å². The Morgan fingerprint density at radius 2 is 1.59 bits per heavy atom. The van der Waals surface area contributed by atoms with Gasteiger partial charge in [0.05, 0.1) is 18.1 Å². The Kier molecular flexibility index (Phi) is 5.53. The van der Waals surface area contributed by atoms with Gasteiger partial charge in [0.2, 0.25) is 10.0 Å². The van der Waals surface area contributed by atoms with Crippen LogP contribution in [-0.4, -0.2) is 62.9 Å². The molecule has 2 aliphatic heterocycles. The number of nitrogens with zero attached hydrogens (tertiary/aromatic N) is 2. The molecule has 6 nitrogen and oxygen atoms in total. The van der Waals surface area contributed by atoms with E-state index in [1.807, 2.05) is 4.90 Å². The van der Waals surface area contributed by atoms with Crippen LogP contribution in [0.15, 0.2) is 29.2 Å². The van der Waals surface area contributed by atoms with E-state index in [0.717, 1.165) is 25.4 Å². The third-order valence-electron chi connectivity index (χ3n) is 6.29. The lowest BCUT2D eigenvalue weighted by molar-refractivity contribution is 0.0521. The second kappa shape index (κ2) is 7.89. The van der Waals surface area contributed by atoms with Crippen molar-refractivity contribution in [3.63, 3.8) is 0 Å². The van der Waals surface area contributed by atoms with E-state index in [9.17, 15) is 13.2 Å². The van der Waals surface area contributed by atoms with Gasteiger partial charge < -0.3 is 9.64 Å². The summed E-state index contributed by atoms with van der Waals surface area (Å²) in [6.07, 6.45) is 6.23. The van der Waals surface area contributed by atoms with Crippen LogP contribution in [0, 0.1) is 11.8 Å². The lowest BCUT2D eigenvalue weighted by Gasteiger charge is -2.41. The van der Waals surface area contributed by atoms with E-state index in [4.69, 9.17) is 4.74 Å². The zero-order chi connectivity index (χ0) is 18.9. The van der Waals surface area contributed by atoms with Gasteiger partial charge in [-0.15, -0.1) is 0 Å². The number of carbonyl (C=O) groups excluding carboxylic acids is 1.